The molecular weight excluding hydrogens is 310 g/mol. The quantitative estimate of drug-likeness (QED) is 0.526. The van der Waals surface area contributed by atoms with Crippen molar-refractivity contribution in [2.24, 2.45) is 10.4 Å². The van der Waals surface area contributed by atoms with Gasteiger partial charge in [-0.25, -0.2) is 0 Å². The fourth-order valence-electron chi connectivity index (χ4n) is 3.54. The van der Waals surface area contributed by atoms with Gasteiger partial charge in [0.25, 0.3) is 0 Å². The lowest BCUT2D eigenvalue weighted by atomic mass is 9.73. The second kappa shape index (κ2) is 8.58. The van der Waals surface area contributed by atoms with E-state index in [4.69, 9.17) is 4.74 Å². The Hall–Kier alpha value is -0.460. The molecule has 6 heteroatoms. The third kappa shape index (κ3) is 5.00. The largest absolute Gasteiger partial charge is 0.392 e. The van der Waals surface area contributed by atoms with Gasteiger partial charge in [-0.1, -0.05) is 19.8 Å². The number of nitrogens with zero attached hydrogens (tertiary/aromatic N) is 1. The van der Waals surface area contributed by atoms with Crippen LogP contribution in [0.15, 0.2) is 4.99 Å². The molecule has 5 nitrogen and oxygen atoms in total. The Kier molecular flexibility index (Phi) is 7.04. The molecule has 0 bridgehead atoms. The summed E-state index contributed by atoms with van der Waals surface area (Å²) in [7, 11) is 1.81. The van der Waals surface area contributed by atoms with Gasteiger partial charge >= 0.3 is 0 Å². The molecule has 1 saturated heterocycles. The Morgan fingerprint density at radius 1 is 1.22 bits per heavy atom. The zero-order valence-electron chi connectivity index (χ0n) is 14.9. The van der Waals surface area contributed by atoms with Gasteiger partial charge in [-0.2, -0.15) is 11.8 Å². The van der Waals surface area contributed by atoms with Crippen molar-refractivity contribution in [3.05, 3.63) is 0 Å². The van der Waals surface area contributed by atoms with Crippen molar-refractivity contribution in [1.29, 1.82) is 0 Å². The summed E-state index contributed by atoms with van der Waals surface area (Å²) in [5.41, 5.74) is -0.0499. The summed E-state index contributed by atoms with van der Waals surface area (Å²) >= 11 is 1.93. The number of hydrogen-bond acceptors (Lipinski definition) is 4. The first-order chi connectivity index (χ1) is 11.0. The highest BCUT2D eigenvalue weighted by Crippen LogP contribution is 2.35. The molecule has 2 atom stereocenters. The van der Waals surface area contributed by atoms with Crippen molar-refractivity contribution in [3.63, 3.8) is 0 Å². The highest BCUT2D eigenvalue weighted by molar-refractivity contribution is 8.00. The maximum atomic E-state index is 10.3. The van der Waals surface area contributed by atoms with Crippen LogP contribution in [0.3, 0.4) is 0 Å². The Morgan fingerprint density at radius 3 is 2.52 bits per heavy atom. The zero-order valence-corrected chi connectivity index (χ0v) is 15.7. The number of rotatable bonds is 5. The Labute approximate surface area is 145 Å². The van der Waals surface area contributed by atoms with E-state index in [2.05, 4.69) is 28.8 Å². The van der Waals surface area contributed by atoms with Gasteiger partial charge in [0, 0.05) is 43.5 Å². The molecular formula is C17H33N3O2S. The van der Waals surface area contributed by atoms with E-state index in [1.165, 1.54) is 6.42 Å². The fraction of sp³-hybridized carbons (Fsp3) is 0.941. The average Bonchev–Trinajstić information content (AvgIpc) is 2.59. The van der Waals surface area contributed by atoms with Crippen LogP contribution in [0, 0.1) is 5.41 Å². The molecule has 2 fully saturated rings. The summed E-state index contributed by atoms with van der Waals surface area (Å²) in [4.78, 5) is 4.35. The second-order valence-electron chi connectivity index (χ2n) is 7.19. The van der Waals surface area contributed by atoms with Gasteiger partial charge in [0.05, 0.1) is 6.10 Å². The summed E-state index contributed by atoms with van der Waals surface area (Å²) in [6.45, 7) is 5.54. The molecule has 0 amide bonds. The zero-order chi connectivity index (χ0) is 16.8. The van der Waals surface area contributed by atoms with Gasteiger partial charge in [-0.15, -0.1) is 0 Å². The number of hydrogen-bond donors (Lipinski definition) is 3. The molecule has 2 aliphatic rings. The minimum Gasteiger partial charge on any atom is -0.392 e. The predicted octanol–water partition coefficient (Wildman–Crippen LogP) is 2.00. The number of nitrogens with one attached hydrogen (secondary N) is 2. The number of guanidine groups is 1. The Morgan fingerprint density at radius 2 is 1.91 bits per heavy atom. The van der Waals surface area contributed by atoms with Gasteiger partial charge in [-0.05, 0) is 31.9 Å². The lowest BCUT2D eigenvalue weighted by molar-refractivity contribution is 0.00395. The summed E-state index contributed by atoms with van der Waals surface area (Å²) in [6, 6.07) is 0. The van der Waals surface area contributed by atoms with E-state index in [1.54, 1.807) is 0 Å². The van der Waals surface area contributed by atoms with E-state index in [0.29, 0.717) is 0 Å². The number of thioether (sulfide) groups is 1. The van der Waals surface area contributed by atoms with Gasteiger partial charge in [0.1, 0.15) is 0 Å². The highest BCUT2D eigenvalue weighted by Gasteiger charge is 2.36. The van der Waals surface area contributed by atoms with Crippen molar-refractivity contribution in [2.75, 3.05) is 39.6 Å². The van der Waals surface area contributed by atoms with Gasteiger partial charge in [0.15, 0.2) is 5.96 Å². The third-order valence-corrected chi connectivity index (χ3v) is 7.00. The smallest absolute Gasteiger partial charge is 0.191 e. The van der Waals surface area contributed by atoms with E-state index in [9.17, 15) is 5.11 Å². The molecule has 23 heavy (non-hydrogen) atoms. The molecule has 0 aromatic rings. The molecule has 0 aromatic heterocycles. The molecule has 0 aromatic carbocycles. The van der Waals surface area contributed by atoms with Crippen molar-refractivity contribution < 1.29 is 9.84 Å². The van der Waals surface area contributed by atoms with Crippen LogP contribution >= 0.6 is 11.8 Å². The molecule has 0 spiro atoms. The average molecular weight is 344 g/mol. The summed E-state index contributed by atoms with van der Waals surface area (Å²) < 4.78 is 5.74. The van der Waals surface area contributed by atoms with Crippen LogP contribution in [-0.4, -0.2) is 61.5 Å². The van der Waals surface area contributed by atoms with E-state index in [1.807, 2.05) is 18.8 Å². The van der Waals surface area contributed by atoms with Crippen LogP contribution in [0.2, 0.25) is 0 Å². The number of ether oxygens (including phenoxy) is 1. The molecule has 3 N–H and O–H groups in total. The highest BCUT2D eigenvalue weighted by atomic mass is 32.2. The molecule has 2 unspecified atom stereocenters. The van der Waals surface area contributed by atoms with Crippen LogP contribution in [0.5, 0.6) is 0 Å². The van der Waals surface area contributed by atoms with Crippen molar-refractivity contribution in [2.45, 2.75) is 56.3 Å². The molecule has 1 aliphatic carbocycles. The van der Waals surface area contributed by atoms with Crippen molar-refractivity contribution >= 4 is 17.7 Å². The second-order valence-corrected chi connectivity index (χ2v) is 8.47. The van der Waals surface area contributed by atoms with E-state index >= 15 is 0 Å². The molecule has 1 heterocycles. The first kappa shape index (κ1) is 18.9. The topological polar surface area (TPSA) is 65.9 Å². The van der Waals surface area contributed by atoms with E-state index in [-0.39, 0.29) is 16.3 Å². The first-order valence-electron chi connectivity index (χ1n) is 8.79. The van der Waals surface area contributed by atoms with Crippen LogP contribution < -0.4 is 10.6 Å². The minimum atomic E-state index is -0.213. The summed E-state index contributed by atoms with van der Waals surface area (Å²) in [5.74, 6) is 0.837. The van der Waals surface area contributed by atoms with Crippen LogP contribution in [0.1, 0.15) is 45.4 Å². The lowest BCUT2D eigenvalue weighted by Crippen LogP contribution is -2.51. The summed E-state index contributed by atoms with van der Waals surface area (Å²) in [5, 5.41) is 17.2. The van der Waals surface area contributed by atoms with Crippen LogP contribution in [-0.2, 0) is 4.74 Å². The number of aliphatic imine (C=N–C) groups is 1. The third-order valence-electron chi connectivity index (χ3n) is 5.58. The minimum absolute atomic E-state index is 0.0499. The first-order valence-corrected chi connectivity index (χ1v) is 10.0. The number of aliphatic hydroxyl groups excluding tert-OH is 1. The predicted molar refractivity (Wildman–Crippen MR) is 98.2 cm³/mol. The standard InChI is InChI=1S/C17H33N3O2S/c1-16(7-5-4-6-14(16)21)12-19-15(18-2)20-13-17(23-3)8-10-22-11-9-17/h14,21H,4-13H2,1-3H3,(H2,18,19,20). The van der Waals surface area contributed by atoms with Crippen LogP contribution in [0.25, 0.3) is 0 Å². The van der Waals surface area contributed by atoms with Gasteiger partial charge in [-0.3, -0.25) is 4.99 Å². The Bertz CT molecular complexity index is 386. The lowest BCUT2D eigenvalue weighted by Gasteiger charge is -2.39. The molecule has 1 aliphatic heterocycles. The monoisotopic (exact) mass is 343 g/mol. The van der Waals surface area contributed by atoms with Gasteiger partial charge < -0.3 is 20.5 Å². The molecule has 2 rings (SSSR count). The Balaban J connectivity index is 1.83. The normalized spacial score (nSPS) is 31.7. The van der Waals surface area contributed by atoms with E-state index in [0.717, 1.165) is 64.4 Å². The van der Waals surface area contributed by atoms with Crippen molar-refractivity contribution in [3.8, 4) is 0 Å². The molecule has 134 valence electrons. The molecule has 0 radical (unpaired) electrons. The SMILES string of the molecule is CN=C(NCC1(SC)CCOCC1)NCC1(C)CCCCC1O. The number of aliphatic hydroxyl groups is 1. The van der Waals surface area contributed by atoms with Crippen LogP contribution in [0.4, 0.5) is 0 Å². The maximum absolute atomic E-state index is 10.3. The molecule has 1 saturated carbocycles. The van der Waals surface area contributed by atoms with Crippen molar-refractivity contribution in [1.82, 2.24) is 10.6 Å². The summed E-state index contributed by atoms with van der Waals surface area (Å²) in [6.07, 6.45) is 8.46. The van der Waals surface area contributed by atoms with Gasteiger partial charge in [0.2, 0.25) is 0 Å². The van der Waals surface area contributed by atoms with E-state index < -0.39 is 0 Å². The fourth-order valence-corrected chi connectivity index (χ4v) is 4.33. The maximum Gasteiger partial charge on any atom is 0.191 e.